The Hall–Kier alpha value is -1.58. The quantitative estimate of drug-likeness (QED) is 0.419. The maximum Gasteiger partial charge on any atom is 0.330 e. The van der Waals surface area contributed by atoms with Gasteiger partial charge in [0.1, 0.15) is 18.3 Å². The van der Waals surface area contributed by atoms with Crippen molar-refractivity contribution in [3.63, 3.8) is 0 Å². The zero-order chi connectivity index (χ0) is 19.2. The smallest absolute Gasteiger partial charge is 0.330 e. The molecule has 0 bridgehead atoms. The fraction of sp³-hybridized carbons (Fsp3) is 0.636. The summed E-state index contributed by atoms with van der Waals surface area (Å²) < 4.78 is 56.6. The van der Waals surface area contributed by atoms with Crippen molar-refractivity contribution < 1.29 is 36.0 Å². The molecule has 1 fully saturated rings. The van der Waals surface area contributed by atoms with Crippen LogP contribution in [0.3, 0.4) is 0 Å². The van der Waals surface area contributed by atoms with E-state index in [0.29, 0.717) is 12.5 Å². The first-order valence-corrected chi connectivity index (χ1v) is 10.5. The maximum absolute atomic E-state index is 11.8. The van der Waals surface area contributed by atoms with Crippen molar-refractivity contribution in [3.05, 3.63) is 33.1 Å². The highest BCUT2D eigenvalue weighted by molar-refractivity contribution is 7.92. The van der Waals surface area contributed by atoms with Crippen molar-refractivity contribution in [2.45, 2.75) is 30.0 Å². The van der Waals surface area contributed by atoms with E-state index in [1.165, 1.54) is 0 Å². The van der Waals surface area contributed by atoms with E-state index >= 15 is 0 Å². The molecule has 1 saturated heterocycles. The lowest BCUT2D eigenvalue weighted by Crippen LogP contribution is -2.45. The van der Waals surface area contributed by atoms with E-state index in [2.05, 4.69) is 4.18 Å². The van der Waals surface area contributed by atoms with Gasteiger partial charge in [-0.3, -0.25) is 14.3 Å². The second-order valence-electron chi connectivity index (χ2n) is 5.49. The summed E-state index contributed by atoms with van der Waals surface area (Å²) in [6.45, 7) is 0. The van der Waals surface area contributed by atoms with Gasteiger partial charge in [-0.2, -0.15) is 8.42 Å². The topological polar surface area (TPSA) is 182 Å². The molecule has 0 amide bonds. The molecule has 25 heavy (non-hydrogen) atoms. The molecular formula is C11H16N2O10S2. The fourth-order valence-electron chi connectivity index (χ4n) is 2.31. The zero-order valence-electron chi connectivity index (χ0n) is 13.0. The number of aromatic amines is 1. The average Bonchev–Trinajstić information content (AvgIpc) is 2.71. The molecule has 1 aromatic heterocycles. The number of aromatic nitrogens is 2. The predicted octanol–water partition coefficient (Wildman–Crippen LogP) is -3.50. The van der Waals surface area contributed by atoms with Gasteiger partial charge in [0, 0.05) is 18.5 Å². The van der Waals surface area contributed by atoms with Gasteiger partial charge < -0.3 is 14.9 Å². The largest absolute Gasteiger partial charge is 0.387 e. The number of sulfone groups is 1. The predicted molar refractivity (Wildman–Crippen MR) is 81.8 cm³/mol. The molecule has 5 atom stereocenters. The lowest BCUT2D eigenvalue weighted by molar-refractivity contribution is -0.0589. The monoisotopic (exact) mass is 400 g/mol. The summed E-state index contributed by atoms with van der Waals surface area (Å²) in [6.07, 6.45) is -4.82. The van der Waals surface area contributed by atoms with Gasteiger partial charge in [0.05, 0.1) is 6.26 Å². The third kappa shape index (κ3) is 4.34. The lowest BCUT2D eigenvalue weighted by Gasteiger charge is -2.23. The van der Waals surface area contributed by atoms with Gasteiger partial charge in [-0.15, -0.1) is 0 Å². The molecule has 1 aliphatic heterocycles. The van der Waals surface area contributed by atoms with Crippen LogP contribution in [0, 0.1) is 0 Å². The summed E-state index contributed by atoms with van der Waals surface area (Å²) >= 11 is 0. The number of rotatable bonds is 5. The highest BCUT2D eigenvalue weighted by Gasteiger charge is 2.51. The number of aliphatic hydroxyl groups excluding tert-OH is 2. The van der Waals surface area contributed by atoms with Crippen LogP contribution < -0.4 is 11.2 Å². The minimum absolute atomic E-state index is 0.604. The van der Waals surface area contributed by atoms with Crippen molar-refractivity contribution in [1.29, 1.82) is 0 Å². The van der Waals surface area contributed by atoms with Crippen LogP contribution in [0.4, 0.5) is 0 Å². The molecule has 14 heteroatoms. The molecule has 0 aliphatic carbocycles. The molecule has 0 radical (unpaired) electrons. The van der Waals surface area contributed by atoms with Gasteiger partial charge in [0.15, 0.2) is 16.1 Å². The summed E-state index contributed by atoms with van der Waals surface area (Å²) in [7, 11) is -8.45. The van der Waals surface area contributed by atoms with Crippen LogP contribution in [0.1, 0.15) is 6.23 Å². The van der Waals surface area contributed by atoms with E-state index in [9.17, 15) is 36.6 Å². The van der Waals surface area contributed by atoms with Crippen LogP contribution in [0.5, 0.6) is 0 Å². The van der Waals surface area contributed by atoms with Gasteiger partial charge in [0.25, 0.3) is 15.7 Å². The van der Waals surface area contributed by atoms with E-state index in [4.69, 9.17) is 4.74 Å². The molecule has 0 saturated carbocycles. The summed E-state index contributed by atoms with van der Waals surface area (Å²) in [5.41, 5.74) is -3.85. The first-order valence-electron chi connectivity index (χ1n) is 6.71. The van der Waals surface area contributed by atoms with E-state index < -0.39 is 61.2 Å². The Morgan fingerprint density at radius 3 is 2.28 bits per heavy atom. The number of hydrogen-bond acceptors (Lipinski definition) is 10. The van der Waals surface area contributed by atoms with Crippen LogP contribution >= 0.6 is 0 Å². The van der Waals surface area contributed by atoms with Crippen molar-refractivity contribution in [2.75, 3.05) is 12.5 Å². The van der Waals surface area contributed by atoms with E-state index in [0.717, 1.165) is 16.8 Å². The van der Waals surface area contributed by atoms with Crippen molar-refractivity contribution in [1.82, 2.24) is 9.55 Å². The number of nitrogens with one attached hydrogen (secondary N) is 1. The molecule has 2 rings (SSSR count). The van der Waals surface area contributed by atoms with E-state index in [-0.39, 0.29) is 0 Å². The Morgan fingerprint density at radius 1 is 1.20 bits per heavy atom. The minimum Gasteiger partial charge on any atom is -0.387 e. The van der Waals surface area contributed by atoms with Crippen molar-refractivity contribution >= 4 is 20.0 Å². The molecule has 0 spiro atoms. The molecule has 3 N–H and O–H groups in total. The van der Waals surface area contributed by atoms with Gasteiger partial charge >= 0.3 is 5.69 Å². The van der Waals surface area contributed by atoms with Gasteiger partial charge in [-0.05, 0) is 0 Å². The van der Waals surface area contributed by atoms with Gasteiger partial charge in [-0.25, -0.2) is 17.4 Å². The third-order valence-electron chi connectivity index (χ3n) is 3.36. The third-order valence-corrected chi connectivity index (χ3v) is 5.25. The second kappa shape index (κ2) is 6.62. The molecule has 1 aliphatic rings. The Labute approximate surface area is 141 Å². The zero-order valence-corrected chi connectivity index (χ0v) is 14.6. The number of nitrogens with zero attached hydrogens (tertiary/aromatic N) is 1. The Kier molecular flexibility index (Phi) is 5.23. The molecule has 0 aromatic carbocycles. The molecular weight excluding hydrogens is 384 g/mol. The summed E-state index contributed by atoms with van der Waals surface area (Å²) in [5, 5.41) is 20.1. The van der Waals surface area contributed by atoms with Gasteiger partial charge in [0.2, 0.25) is 5.44 Å². The molecule has 1 aromatic rings. The standard InChI is InChI=1S/C11H16N2O10S2/c1-24(18,19)10(23-25(2,20)21)8-6(15)7(16)9(22-8)13-4-3-5(14)12-11(13)17/h3-4,6-10,15-16H,1-2H3,(H,12,14,17)/t6-,7+,8-,9+,10?/m0/s1. The number of ether oxygens (including phenoxy) is 1. The van der Waals surface area contributed by atoms with Crippen molar-refractivity contribution in [2.24, 2.45) is 0 Å². The van der Waals surface area contributed by atoms with Crippen LogP contribution in [-0.4, -0.2) is 72.9 Å². The summed E-state index contributed by atoms with van der Waals surface area (Å²) in [6, 6.07) is 0.943. The number of H-pyrrole nitrogens is 1. The first-order chi connectivity index (χ1) is 11.3. The van der Waals surface area contributed by atoms with E-state index in [1.54, 1.807) is 0 Å². The summed E-state index contributed by atoms with van der Waals surface area (Å²) in [4.78, 5) is 24.7. The SMILES string of the molecule is CS(=O)(=O)OC([C@H]1O[C@@H](n2ccc(=O)[nH]c2=O)[C@H](O)[C@@H]1O)S(C)(=O)=O. The number of aliphatic hydroxyl groups is 2. The minimum atomic E-state index is -4.25. The van der Waals surface area contributed by atoms with Crippen molar-refractivity contribution in [3.8, 4) is 0 Å². The maximum atomic E-state index is 11.8. The molecule has 142 valence electrons. The van der Waals surface area contributed by atoms with Crippen LogP contribution in [0.25, 0.3) is 0 Å². The molecule has 1 unspecified atom stereocenters. The average molecular weight is 400 g/mol. The fourth-order valence-corrected chi connectivity index (χ4v) is 4.48. The van der Waals surface area contributed by atoms with Crippen LogP contribution in [0.15, 0.2) is 21.9 Å². The number of hydrogen-bond donors (Lipinski definition) is 3. The normalized spacial score (nSPS) is 28.8. The lowest BCUT2D eigenvalue weighted by atomic mass is 10.1. The Morgan fingerprint density at radius 2 is 1.80 bits per heavy atom. The molecule has 2 heterocycles. The Bertz CT molecular complexity index is 963. The van der Waals surface area contributed by atoms with E-state index in [1.807, 2.05) is 4.98 Å². The highest BCUT2D eigenvalue weighted by atomic mass is 32.2. The van der Waals surface area contributed by atoms with Crippen LogP contribution in [0.2, 0.25) is 0 Å². The second-order valence-corrected chi connectivity index (χ2v) is 9.21. The van der Waals surface area contributed by atoms with Crippen LogP contribution in [-0.2, 0) is 28.9 Å². The Balaban J connectivity index is 2.43. The highest BCUT2D eigenvalue weighted by Crippen LogP contribution is 2.32. The molecule has 12 nitrogen and oxygen atoms in total. The first kappa shape index (κ1) is 19.7. The summed E-state index contributed by atoms with van der Waals surface area (Å²) in [5.74, 6) is 0. The van der Waals surface area contributed by atoms with Gasteiger partial charge in [-0.1, -0.05) is 0 Å².